The molecule has 1 atom stereocenters. The van der Waals surface area contributed by atoms with Gasteiger partial charge in [0.15, 0.2) is 0 Å². The number of hydrogen-bond acceptors (Lipinski definition) is 4. The second-order valence-corrected chi connectivity index (χ2v) is 5.66. The summed E-state index contributed by atoms with van der Waals surface area (Å²) in [5.41, 5.74) is 5.57. The molecule has 0 aromatic carbocycles. The number of aromatic nitrogens is 3. The zero-order valence-corrected chi connectivity index (χ0v) is 13.7. The maximum atomic E-state index is 6.19. The smallest absolute Gasteiger partial charge is 0.0776 e. The molecule has 0 amide bonds. The van der Waals surface area contributed by atoms with Crippen molar-refractivity contribution in [1.29, 1.82) is 0 Å². The van der Waals surface area contributed by atoms with Crippen LogP contribution in [0.15, 0.2) is 22.8 Å². The summed E-state index contributed by atoms with van der Waals surface area (Å²) in [6.07, 6.45) is 2.37. The van der Waals surface area contributed by atoms with Gasteiger partial charge in [-0.3, -0.25) is 20.9 Å². The van der Waals surface area contributed by atoms with Gasteiger partial charge in [-0.05, 0) is 41.9 Å². The van der Waals surface area contributed by atoms with E-state index < -0.39 is 0 Å². The van der Waals surface area contributed by atoms with E-state index in [1.165, 1.54) is 0 Å². The van der Waals surface area contributed by atoms with Crippen LogP contribution in [0.25, 0.3) is 0 Å². The fraction of sp³-hybridized carbons (Fsp3) is 0.385. The molecule has 2 aromatic heterocycles. The molecule has 7 heteroatoms. The lowest BCUT2D eigenvalue weighted by Crippen LogP contribution is -2.31. The monoisotopic (exact) mass is 357 g/mol. The van der Waals surface area contributed by atoms with E-state index in [9.17, 15) is 0 Å². The highest BCUT2D eigenvalue weighted by atomic mass is 79.9. The van der Waals surface area contributed by atoms with Crippen molar-refractivity contribution in [2.24, 2.45) is 5.84 Å². The lowest BCUT2D eigenvalue weighted by atomic mass is 10.1. The topological polar surface area (TPSA) is 68.8 Å². The van der Waals surface area contributed by atoms with E-state index in [0.29, 0.717) is 11.4 Å². The van der Waals surface area contributed by atoms with Crippen molar-refractivity contribution in [3.63, 3.8) is 0 Å². The van der Waals surface area contributed by atoms with Crippen LogP contribution in [0.3, 0.4) is 0 Å². The average Bonchev–Trinajstić information content (AvgIpc) is 2.73. The first-order valence-electron chi connectivity index (χ1n) is 6.36. The molecule has 0 fully saturated rings. The first-order valence-corrected chi connectivity index (χ1v) is 7.53. The van der Waals surface area contributed by atoms with Crippen molar-refractivity contribution in [1.82, 2.24) is 20.2 Å². The summed E-state index contributed by atoms with van der Waals surface area (Å²) in [6, 6.07) is 3.45. The molecule has 0 bridgehead atoms. The van der Waals surface area contributed by atoms with Crippen molar-refractivity contribution in [3.8, 4) is 0 Å². The van der Waals surface area contributed by atoms with Crippen LogP contribution in [0.1, 0.15) is 30.0 Å². The number of aryl methyl sites for hydroxylation is 2. The maximum absolute atomic E-state index is 6.19. The largest absolute Gasteiger partial charge is 0.271 e. The van der Waals surface area contributed by atoms with Gasteiger partial charge in [-0.1, -0.05) is 11.6 Å². The van der Waals surface area contributed by atoms with Crippen molar-refractivity contribution >= 4 is 27.5 Å². The van der Waals surface area contributed by atoms with Crippen LogP contribution in [0.4, 0.5) is 0 Å². The molecule has 0 aliphatic rings. The van der Waals surface area contributed by atoms with Crippen LogP contribution in [0.2, 0.25) is 5.02 Å². The van der Waals surface area contributed by atoms with Crippen LogP contribution < -0.4 is 11.3 Å². The lowest BCUT2D eigenvalue weighted by Gasteiger charge is -2.17. The molecule has 0 saturated carbocycles. The van der Waals surface area contributed by atoms with Gasteiger partial charge in [-0.2, -0.15) is 5.10 Å². The van der Waals surface area contributed by atoms with Gasteiger partial charge in [0, 0.05) is 19.2 Å². The summed E-state index contributed by atoms with van der Waals surface area (Å²) >= 11 is 9.78. The molecule has 2 aromatic rings. The van der Waals surface area contributed by atoms with Crippen molar-refractivity contribution < 1.29 is 0 Å². The molecule has 2 rings (SSSR count). The fourth-order valence-corrected chi connectivity index (χ4v) is 2.85. The van der Waals surface area contributed by atoms with Crippen molar-refractivity contribution in [2.45, 2.75) is 32.9 Å². The Balaban J connectivity index is 2.34. The van der Waals surface area contributed by atoms with E-state index in [4.69, 9.17) is 17.4 Å². The molecule has 0 aliphatic carbocycles. The van der Waals surface area contributed by atoms with Gasteiger partial charge < -0.3 is 0 Å². The third-order valence-electron chi connectivity index (χ3n) is 3.17. The van der Waals surface area contributed by atoms with Gasteiger partial charge in [0.1, 0.15) is 0 Å². The highest BCUT2D eigenvalue weighted by Gasteiger charge is 2.20. The van der Waals surface area contributed by atoms with E-state index >= 15 is 0 Å². The molecule has 20 heavy (non-hydrogen) atoms. The fourth-order valence-electron chi connectivity index (χ4n) is 2.15. The minimum atomic E-state index is -0.165. The highest BCUT2D eigenvalue weighted by molar-refractivity contribution is 9.10. The average molecular weight is 359 g/mol. The number of rotatable bonds is 5. The number of nitrogens with one attached hydrogen (secondary N) is 1. The van der Waals surface area contributed by atoms with Crippen molar-refractivity contribution in [3.05, 3.63) is 44.9 Å². The Morgan fingerprint density at radius 3 is 2.90 bits per heavy atom. The Hall–Kier alpha value is -0.950. The van der Waals surface area contributed by atoms with Crippen molar-refractivity contribution in [2.75, 3.05) is 0 Å². The molecule has 0 aliphatic heterocycles. The predicted octanol–water partition coefficient (Wildman–Crippen LogP) is 2.77. The van der Waals surface area contributed by atoms with Gasteiger partial charge in [-0.25, -0.2) is 0 Å². The second kappa shape index (κ2) is 6.67. The third-order valence-corrected chi connectivity index (χ3v) is 4.52. The van der Waals surface area contributed by atoms with Crippen LogP contribution in [-0.2, 0) is 13.0 Å². The Morgan fingerprint density at radius 2 is 2.30 bits per heavy atom. The summed E-state index contributed by atoms with van der Waals surface area (Å²) in [6.45, 7) is 4.83. The highest BCUT2D eigenvalue weighted by Crippen LogP contribution is 2.28. The van der Waals surface area contributed by atoms with Crippen LogP contribution in [0.5, 0.6) is 0 Å². The van der Waals surface area contributed by atoms with E-state index in [-0.39, 0.29) is 6.04 Å². The zero-order chi connectivity index (χ0) is 14.7. The van der Waals surface area contributed by atoms with Crippen LogP contribution in [0, 0.1) is 6.92 Å². The Labute approximate surface area is 131 Å². The molecule has 0 spiro atoms. The molecule has 5 nitrogen and oxygen atoms in total. The Kier molecular flexibility index (Phi) is 5.15. The summed E-state index contributed by atoms with van der Waals surface area (Å²) in [7, 11) is 0. The molecular formula is C13H17BrClN5. The third kappa shape index (κ3) is 3.03. The van der Waals surface area contributed by atoms with E-state index in [0.717, 1.165) is 28.1 Å². The minimum absolute atomic E-state index is 0.165. The van der Waals surface area contributed by atoms with Gasteiger partial charge in [0.05, 0.1) is 32.6 Å². The van der Waals surface area contributed by atoms with Gasteiger partial charge in [0.25, 0.3) is 0 Å². The first kappa shape index (κ1) is 15.4. The lowest BCUT2D eigenvalue weighted by molar-refractivity contribution is 0.506. The molecule has 1 unspecified atom stereocenters. The number of nitrogens with zero attached hydrogens (tertiary/aromatic N) is 3. The summed E-state index contributed by atoms with van der Waals surface area (Å²) in [4.78, 5) is 4.32. The standard InChI is InChI=1S/C13H17BrClN5/c1-3-20-11(12(14)8(2)19-20)7-10(18-16)13-9(15)5-4-6-17-13/h4-6,10,18H,3,7,16H2,1-2H3. The Bertz CT molecular complexity index is 598. The number of halogens is 2. The molecule has 0 radical (unpaired) electrons. The minimum Gasteiger partial charge on any atom is -0.271 e. The molecule has 108 valence electrons. The van der Waals surface area contributed by atoms with E-state index in [1.54, 1.807) is 12.3 Å². The van der Waals surface area contributed by atoms with Crippen LogP contribution in [-0.4, -0.2) is 14.8 Å². The van der Waals surface area contributed by atoms with Gasteiger partial charge >= 0.3 is 0 Å². The predicted molar refractivity (Wildman–Crippen MR) is 83.4 cm³/mol. The first-order chi connectivity index (χ1) is 9.58. The Morgan fingerprint density at radius 1 is 1.55 bits per heavy atom. The van der Waals surface area contributed by atoms with Gasteiger partial charge in [-0.15, -0.1) is 0 Å². The van der Waals surface area contributed by atoms with Gasteiger partial charge in [0.2, 0.25) is 0 Å². The summed E-state index contributed by atoms with van der Waals surface area (Å²) in [5.74, 6) is 5.68. The number of nitrogens with two attached hydrogens (primary N) is 1. The second-order valence-electron chi connectivity index (χ2n) is 4.46. The van der Waals surface area contributed by atoms with E-state index in [2.05, 4.69) is 38.4 Å². The van der Waals surface area contributed by atoms with E-state index in [1.807, 2.05) is 17.7 Å². The number of hydrazine groups is 1. The van der Waals surface area contributed by atoms with Crippen LogP contribution >= 0.6 is 27.5 Å². The summed E-state index contributed by atoms with van der Waals surface area (Å²) in [5, 5.41) is 5.08. The normalized spacial score (nSPS) is 12.7. The number of hydrogen-bond donors (Lipinski definition) is 2. The molecule has 3 N–H and O–H groups in total. The quantitative estimate of drug-likeness (QED) is 0.637. The number of pyridine rings is 1. The molecule has 0 saturated heterocycles. The molecule has 2 heterocycles. The zero-order valence-electron chi connectivity index (χ0n) is 11.4. The molecular weight excluding hydrogens is 342 g/mol. The SMILES string of the molecule is CCn1nc(C)c(Br)c1CC(NN)c1ncccc1Cl. The summed E-state index contributed by atoms with van der Waals surface area (Å²) < 4.78 is 2.97. The maximum Gasteiger partial charge on any atom is 0.0776 e.